The van der Waals surface area contributed by atoms with Crippen molar-refractivity contribution in [3.05, 3.63) is 66.0 Å². The molecule has 0 radical (unpaired) electrons. The van der Waals surface area contributed by atoms with Gasteiger partial charge in [-0.05, 0) is 29.8 Å². The molecule has 0 aliphatic carbocycles. The number of nitrogens with zero attached hydrogens (tertiary/aromatic N) is 1. The van der Waals surface area contributed by atoms with Crippen LogP contribution in [-0.2, 0) is 4.79 Å². The van der Waals surface area contributed by atoms with Gasteiger partial charge in [0.2, 0.25) is 5.91 Å². The maximum atomic E-state index is 13.0. The van der Waals surface area contributed by atoms with Gasteiger partial charge in [-0.25, -0.2) is 4.39 Å². The van der Waals surface area contributed by atoms with Gasteiger partial charge in [-0.2, -0.15) is 0 Å². The van der Waals surface area contributed by atoms with E-state index in [0.29, 0.717) is 0 Å². The minimum Gasteiger partial charge on any atom is -0.367 e. The van der Waals surface area contributed by atoms with Gasteiger partial charge in [0.05, 0.1) is 12.0 Å². The van der Waals surface area contributed by atoms with Gasteiger partial charge in [-0.3, -0.25) is 4.79 Å². The maximum Gasteiger partial charge on any atom is 0.225 e. The lowest BCUT2D eigenvalue weighted by molar-refractivity contribution is -0.125. The zero-order valence-electron chi connectivity index (χ0n) is 14.4. The molecule has 1 amide bonds. The Bertz CT molecular complexity index is 734. The standard InChI is InChI=1S/C20H22FN3O.ClH/c21-15-6-8-17(9-7-15)24-12-16(13-24)23-20(25)19-11-22-10-18(19)14-4-2-1-3-5-14;/h1-9,16,18-19,22H,10-13H2,(H,23,25);1H/t18-,19+;/m0./s1. The summed E-state index contributed by atoms with van der Waals surface area (Å²) in [6, 6.07) is 16.9. The molecular formula is C20H23ClFN3O. The van der Waals surface area contributed by atoms with E-state index in [1.165, 1.54) is 17.7 Å². The number of hydrogen-bond acceptors (Lipinski definition) is 3. The zero-order chi connectivity index (χ0) is 17.2. The summed E-state index contributed by atoms with van der Waals surface area (Å²) in [5.41, 5.74) is 2.21. The van der Waals surface area contributed by atoms with Crippen molar-refractivity contribution >= 4 is 24.0 Å². The van der Waals surface area contributed by atoms with Crippen molar-refractivity contribution in [2.45, 2.75) is 12.0 Å². The molecule has 2 fully saturated rings. The summed E-state index contributed by atoms with van der Waals surface area (Å²) in [6.07, 6.45) is 0. The van der Waals surface area contributed by atoms with Crippen molar-refractivity contribution in [2.24, 2.45) is 5.92 Å². The van der Waals surface area contributed by atoms with E-state index in [-0.39, 0.29) is 42.0 Å². The van der Waals surface area contributed by atoms with Crippen molar-refractivity contribution in [2.75, 3.05) is 31.1 Å². The first-order valence-corrected chi connectivity index (χ1v) is 8.77. The summed E-state index contributed by atoms with van der Waals surface area (Å²) in [6.45, 7) is 3.11. The number of carbonyl (C=O) groups is 1. The molecule has 2 saturated heterocycles. The van der Waals surface area contributed by atoms with E-state index in [4.69, 9.17) is 0 Å². The van der Waals surface area contributed by atoms with Crippen LogP contribution in [0.3, 0.4) is 0 Å². The maximum absolute atomic E-state index is 13.0. The SMILES string of the molecule is Cl.O=C(NC1CN(c2ccc(F)cc2)C1)[C@@H]1CNC[C@H]1c1ccccc1. The van der Waals surface area contributed by atoms with Crippen molar-refractivity contribution in [1.29, 1.82) is 0 Å². The topological polar surface area (TPSA) is 44.4 Å². The Hall–Kier alpha value is -2.11. The molecule has 0 aromatic heterocycles. The predicted molar refractivity (Wildman–Crippen MR) is 103 cm³/mol. The van der Waals surface area contributed by atoms with E-state index >= 15 is 0 Å². The number of nitrogens with one attached hydrogen (secondary N) is 2. The van der Waals surface area contributed by atoms with E-state index in [1.54, 1.807) is 12.1 Å². The van der Waals surface area contributed by atoms with Crippen LogP contribution in [0.1, 0.15) is 11.5 Å². The van der Waals surface area contributed by atoms with Gasteiger partial charge in [-0.15, -0.1) is 12.4 Å². The van der Waals surface area contributed by atoms with Crippen molar-refractivity contribution < 1.29 is 9.18 Å². The van der Waals surface area contributed by atoms with Crippen LogP contribution in [0.4, 0.5) is 10.1 Å². The minimum absolute atomic E-state index is 0. The molecule has 6 heteroatoms. The number of rotatable bonds is 4. The largest absolute Gasteiger partial charge is 0.367 e. The Morgan fingerprint density at radius 3 is 2.42 bits per heavy atom. The molecule has 0 bridgehead atoms. The van der Waals surface area contributed by atoms with Crippen LogP contribution in [0.15, 0.2) is 54.6 Å². The molecule has 138 valence electrons. The quantitative estimate of drug-likeness (QED) is 0.863. The number of amides is 1. The van der Waals surface area contributed by atoms with Gasteiger partial charge in [0, 0.05) is 37.8 Å². The van der Waals surface area contributed by atoms with E-state index < -0.39 is 0 Å². The molecule has 2 aliphatic heterocycles. The van der Waals surface area contributed by atoms with Crippen LogP contribution in [0, 0.1) is 11.7 Å². The highest BCUT2D eigenvalue weighted by Crippen LogP contribution is 2.29. The van der Waals surface area contributed by atoms with Gasteiger partial charge in [0.25, 0.3) is 0 Å². The van der Waals surface area contributed by atoms with Crippen molar-refractivity contribution in [3.63, 3.8) is 0 Å². The van der Waals surface area contributed by atoms with E-state index in [0.717, 1.165) is 31.9 Å². The zero-order valence-corrected chi connectivity index (χ0v) is 15.2. The van der Waals surface area contributed by atoms with Crippen LogP contribution in [0.5, 0.6) is 0 Å². The smallest absolute Gasteiger partial charge is 0.225 e. The molecule has 4 nitrogen and oxygen atoms in total. The van der Waals surface area contributed by atoms with Gasteiger partial charge in [-0.1, -0.05) is 30.3 Å². The normalized spacial score (nSPS) is 22.4. The Morgan fingerprint density at radius 2 is 1.73 bits per heavy atom. The lowest BCUT2D eigenvalue weighted by atomic mass is 9.88. The highest BCUT2D eigenvalue weighted by atomic mass is 35.5. The Morgan fingerprint density at radius 1 is 1.04 bits per heavy atom. The van der Waals surface area contributed by atoms with Crippen molar-refractivity contribution in [1.82, 2.24) is 10.6 Å². The van der Waals surface area contributed by atoms with Gasteiger partial charge in [0.1, 0.15) is 5.82 Å². The van der Waals surface area contributed by atoms with Crippen LogP contribution in [0.2, 0.25) is 0 Å². The third-order valence-electron chi connectivity index (χ3n) is 5.20. The monoisotopic (exact) mass is 375 g/mol. The molecule has 0 unspecified atom stereocenters. The third-order valence-corrected chi connectivity index (χ3v) is 5.20. The molecule has 2 atom stereocenters. The Kier molecular flexibility index (Phi) is 5.79. The van der Waals surface area contributed by atoms with Gasteiger partial charge >= 0.3 is 0 Å². The summed E-state index contributed by atoms with van der Waals surface area (Å²) in [7, 11) is 0. The molecule has 0 spiro atoms. The summed E-state index contributed by atoms with van der Waals surface area (Å²) in [4.78, 5) is 14.8. The first-order valence-electron chi connectivity index (χ1n) is 8.77. The third kappa shape index (κ3) is 3.84. The molecule has 2 aromatic carbocycles. The van der Waals surface area contributed by atoms with Crippen LogP contribution in [-0.4, -0.2) is 38.1 Å². The summed E-state index contributed by atoms with van der Waals surface area (Å²) in [5, 5.41) is 6.52. The van der Waals surface area contributed by atoms with E-state index in [1.807, 2.05) is 18.2 Å². The summed E-state index contributed by atoms with van der Waals surface area (Å²) >= 11 is 0. The summed E-state index contributed by atoms with van der Waals surface area (Å²) < 4.78 is 13.0. The molecule has 0 saturated carbocycles. The average Bonchev–Trinajstić information content (AvgIpc) is 3.09. The fraction of sp³-hybridized carbons (Fsp3) is 0.350. The molecule has 2 aromatic rings. The van der Waals surface area contributed by atoms with Crippen LogP contribution < -0.4 is 15.5 Å². The highest BCUT2D eigenvalue weighted by Gasteiger charge is 2.36. The van der Waals surface area contributed by atoms with Crippen LogP contribution >= 0.6 is 12.4 Å². The number of benzene rings is 2. The second-order valence-corrected chi connectivity index (χ2v) is 6.87. The van der Waals surface area contributed by atoms with E-state index in [9.17, 15) is 9.18 Å². The number of hydrogen-bond donors (Lipinski definition) is 2. The summed E-state index contributed by atoms with van der Waals surface area (Å²) in [5.74, 6) is 0.106. The lowest BCUT2D eigenvalue weighted by Crippen LogP contribution is -2.60. The first kappa shape index (κ1) is 18.7. The van der Waals surface area contributed by atoms with Gasteiger partial charge in [0.15, 0.2) is 0 Å². The highest BCUT2D eigenvalue weighted by molar-refractivity contribution is 5.85. The first-order chi connectivity index (χ1) is 12.2. The molecular weight excluding hydrogens is 353 g/mol. The molecule has 2 heterocycles. The fourth-order valence-corrected chi connectivity index (χ4v) is 3.75. The lowest BCUT2D eigenvalue weighted by Gasteiger charge is -2.41. The van der Waals surface area contributed by atoms with E-state index in [2.05, 4.69) is 27.7 Å². The minimum atomic E-state index is -0.227. The Labute approximate surface area is 159 Å². The second-order valence-electron chi connectivity index (χ2n) is 6.87. The average molecular weight is 376 g/mol. The van der Waals surface area contributed by atoms with Crippen LogP contribution in [0.25, 0.3) is 0 Å². The molecule has 26 heavy (non-hydrogen) atoms. The number of halogens is 2. The Balaban J connectivity index is 0.00000196. The molecule has 2 N–H and O–H groups in total. The molecule has 4 rings (SSSR count). The van der Waals surface area contributed by atoms with Gasteiger partial charge < -0.3 is 15.5 Å². The fourth-order valence-electron chi connectivity index (χ4n) is 3.75. The molecule has 2 aliphatic rings. The number of carbonyl (C=O) groups excluding carboxylic acids is 1. The second kappa shape index (κ2) is 8.06. The van der Waals surface area contributed by atoms with Crippen molar-refractivity contribution in [3.8, 4) is 0 Å². The predicted octanol–water partition coefficient (Wildman–Crippen LogP) is 2.56. The number of anilines is 1.